The summed E-state index contributed by atoms with van der Waals surface area (Å²) in [7, 11) is 0.769. The van der Waals surface area contributed by atoms with Crippen molar-refractivity contribution in [1.82, 2.24) is 0 Å². The van der Waals surface area contributed by atoms with E-state index in [2.05, 4.69) is 0 Å². The number of benzene rings is 2. The topological polar surface area (TPSA) is 55.8 Å². The summed E-state index contributed by atoms with van der Waals surface area (Å²) in [4.78, 5) is 0.130. The lowest BCUT2D eigenvalue weighted by atomic mass is 10.2. The van der Waals surface area contributed by atoms with E-state index in [1.54, 1.807) is 24.3 Å². The monoisotopic (exact) mass is 355 g/mol. The Balaban J connectivity index is 2.45. The molecule has 0 spiro atoms. The van der Waals surface area contributed by atoms with Gasteiger partial charge in [-0.1, -0.05) is 17.7 Å². The van der Waals surface area contributed by atoms with Gasteiger partial charge in [-0.15, -0.1) is 0 Å². The second kappa shape index (κ2) is 6.68. The Labute approximate surface area is 141 Å². The van der Waals surface area contributed by atoms with Gasteiger partial charge in [0.2, 0.25) is 0 Å². The Morgan fingerprint density at radius 3 is 2.22 bits per heavy atom. The number of hydrogen-bond donors (Lipinski definition) is 0. The van der Waals surface area contributed by atoms with E-state index in [-0.39, 0.29) is 4.90 Å². The summed E-state index contributed by atoms with van der Waals surface area (Å²) in [6.07, 6.45) is 0. The van der Waals surface area contributed by atoms with E-state index >= 15 is 0 Å². The van der Waals surface area contributed by atoms with Crippen molar-refractivity contribution in [3.8, 4) is 11.5 Å². The maximum absolute atomic E-state index is 12.7. The standard InChI is InChI=1S/C16H18ClNO4S/c1-11-5-7-13(10-14(11)17)23(19,20)18(2)12-6-8-15(21-3)16(9-12)22-4/h5-10H,1-4H3. The molecule has 0 aliphatic carbocycles. The van der Waals surface area contributed by atoms with Gasteiger partial charge in [-0.05, 0) is 36.8 Å². The molecule has 0 aliphatic rings. The van der Waals surface area contributed by atoms with Crippen LogP contribution in [0.15, 0.2) is 41.3 Å². The quantitative estimate of drug-likeness (QED) is 0.823. The highest BCUT2D eigenvalue weighted by Gasteiger charge is 2.23. The number of rotatable bonds is 5. The predicted molar refractivity (Wildman–Crippen MR) is 91.3 cm³/mol. The number of methoxy groups -OCH3 is 2. The molecule has 0 saturated carbocycles. The van der Waals surface area contributed by atoms with Gasteiger partial charge in [0, 0.05) is 18.1 Å². The molecule has 0 fully saturated rings. The molecule has 23 heavy (non-hydrogen) atoms. The zero-order chi connectivity index (χ0) is 17.2. The van der Waals surface area contributed by atoms with Gasteiger partial charge in [0.1, 0.15) is 0 Å². The Kier molecular flexibility index (Phi) is 5.06. The van der Waals surface area contributed by atoms with Gasteiger partial charge in [0.25, 0.3) is 10.0 Å². The minimum atomic E-state index is -3.72. The van der Waals surface area contributed by atoms with E-state index in [4.69, 9.17) is 21.1 Å². The summed E-state index contributed by atoms with van der Waals surface area (Å²) in [6, 6.07) is 9.57. The Morgan fingerprint density at radius 2 is 1.65 bits per heavy atom. The van der Waals surface area contributed by atoms with Crippen LogP contribution in [-0.2, 0) is 10.0 Å². The zero-order valence-corrected chi connectivity index (χ0v) is 14.9. The van der Waals surface area contributed by atoms with Crippen molar-refractivity contribution in [3.63, 3.8) is 0 Å². The third-order valence-corrected chi connectivity index (χ3v) is 5.72. The first-order chi connectivity index (χ1) is 10.8. The van der Waals surface area contributed by atoms with Crippen LogP contribution in [0.1, 0.15) is 5.56 Å². The van der Waals surface area contributed by atoms with Crippen LogP contribution in [0.2, 0.25) is 5.02 Å². The third kappa shape index (κ3) is 3.38. The Hall–Kier alpha value is -1.92. The molecule has 0 bridgehead atoms. The lowest BCUT2D eigenvalue weighted by molar-refractivity contribution is 0.355. The molecule has 0 unspecified atom stereocenters. The van der Waals surface area contributed by atoms with Gasteiger partial charge < -0.3 is 9.47 Å². The molecular weight excluding hydrogens is 338 g/mol. The van der Waals surface area contributed by atoms with Crippen LogP contribution in [0.4, 0.5) is 5.69 Å². The fraction of sp³-hybridized carbons (Fsp3) is 0.250. The number of sulfonamides is 1. The van der Waals surface area contributed by atoms with Crippen molar-refractivity contribution < 1.29 is 17.9 Å². The fourth-order valence-corrected chi connectivity index (χ4v) is 3.51. The second-order valence-electron chi connectivity index (χ2n) is 4.92. The molecule has 5 nitrogen and oxygen atoms in total. The highest BCUT2D eigenvalue weighted by atomic mass is 35.5. The zero-order valence-electron chi connectivity index (χ0n) is 13.3. The van der Waals surface area contributed by atoms with Crippen LogP contribution in [0.5, 0.6) is 11.5 Å². The van der Waals surface area contributed by atoms with Crippen LogP contribution in [-0.4, -0.2) is 29.7 Å². The van der Waals surface area contributed by atoms with E-state index in [9.17, 15) is 8.42 Å². The van der Waals surface area contributed by atoms with E-state index in [0.717, 1.165) is 5.56 Å². The molecule has 2 aromatic rings. The number of ether oxygens (including phenoxy) is 2. The van der Waals surface area contributed by atoms with E-state index in [1.165, 1.54) is 37.7 Å². The summed E-state index contributed by atoms with van der Waals surface area (Å²) in [5.41, 5.74) is 1.28. The van der Waals surface area contributed by atoms with Crippen molar-refractivity contribution >= 4 is 27.3 Å². The van der Waals surface area contributed by atoms with Crippen molar-refractivity contribution in [2.45, 2.75) is 11.8 Å². The number of aryl methyl sites for hydroxylation is 1. The number of nitrogens with zero attached hydrogens (tertiary/aromatic N) is 1. The predicted octanol–water partition coefficient (Wildman–Crippen LogP) is 3.49. The van der Waals surface area contributed by atoms with Gasteiger partial charge in [-0.3, -0.25) is 4.31 Å². The molecule has 7 heteroatoms. The molecular formula is C16H18ClNO4S. The van der Waals surface area contributed by atoms with Crippen molar-refractivity contribution in [3.05, 3.63) is 47.0 Å². The van der Waals surface area contributed by atoms with E-state index < -0.39 is 10.0 Å². The van der Waals surface area contributed by atoms with Crippen molar-refractivity contribution in [2.75, 3.05) is 25.6 Å². The van der Waals surface area contributed by atoms with Crippen molar-refractivity contribution in [2.24, 2.45) is 0 Å². The lowest BCUT2D eigenvalue weighted by Crippen LogP contribution is -2.26. The van der Waals surface area contributed by atoms with Crippen LogP contribution >= 0.6 is 11.6 Å². The van der Waals surface area contributed by atoms with Crippen molar-refractivity contribution in [1.29, 1.82) is 0 Å². The maximum Gasteiger partial charge on any atom is 0.264 e. The first kappa shape index (κ1) is 17.4. The van der Waals surface area contributed by atoms with Gasteiger partial charge in [0.05, 0.1) is 24.8 Å². The highest BCUT2D eigenvalue weighted by molar-refractivity contribution is 7.92. The molecule has 0 aromatic heterocycles. The van der Waals surface area contributed by atoms with E-state index in [1.807, 2.05) is 6.92 Å². The summed E-state index contributed by atoms with van der Waals surface area (Å²) in [5, 5.41) is 0.409. The van der Waals surface area contributed by atoms with Gasteiger partial charge in [-0.25, -0.2) is 8.42 Å². The molecule has 2 rings (SSSR count). The van der Waals surface area contributed by atoms with Gasteiger partial charge in [-0.2, -0.15) is 0 Å². The third-order valence-electron chi connectivity index (χ3n) is 3.53. The minimum absolute atomic E-state index is 0.130. The molecule has 0 N–H and O–H groups in total. The SMILES string of the molecule is COc1ccc(N(C)S(=O)(=O)c2ccc(C)c(Cl)c2)cc1OC. The largest absolute Gasteiger partial charge is 0.493 e. The molecule has 0 atom stereocenters. The first-order valence-corrected chi connectivity index (χ1v) is 8.60. The normalized spacial score (nSPS) is 11.2. The lowest BCUT2D eigenvalue weighted by Gasteiger charge is -2.21. The average molecular weight is 356 g/mol. The smallest absolute Gasteiger partial charge is 0.264 e. The Morgan fingerprint density at radius 1 is 1.00 bits per heavy atom. The summed E-state index contributed by atoms with van der Waals surface area (Å²) < 4.78 is 37.0. The van der Waals surface area contributed by atoms with Crippen LogP contribution in [0, 0.1) is 6.92 Å². The second-order valence-corrected chi connectivity index (χ2v) is 7.30. The summed E-state index contributed by atoms with van der Waals surface area (Å²) in [5.74, 6) is 0.981. The summed E-state index contributed by atoms with van der Waals surface area (Å²) >= 11 is 6.04. The molecule has 0 heterocycles. The molecule has 0 radical (unpaired) electrons. The maximum atomic E-state index is 12.7. The number of anilines is 1. The first-order valence-electron chi connectivity index (χ1n) is 6.78. The molecule has 0 aliphatic heterocycles. The highest BCUT2D eigenvalue weighted by Crippen LogP contribution is 2.33. The summed E-state index contributed by atoms with van der Waals surface area (Å²) in [6.45, 7) is 1.82. The van der Waals surface area contributed by atoms with Gasteiger partial charge in [0.15, 0.2) is 11.5 Å². The molecule has 124 valence electrons. The number of hydrogen-bond acceptors (Lipinski definition) is 4. The average Bonchev–Trinajstić information content (AvgIpc) is 2.55. The fourth-order valence-electron chi connectivity index (χ4n) is 2.05. The molecule has 2 aromatic carbocycles. The van der Waals surface area contributed by atoms with Crippen LogP contribution < -0.4 is 13.8 Å². The molecule has 0 saturated heterocycles. The minimum Gasteiger partial charge on any atom is -0.493 e. The van der Waals surface area contributed by atoms with Crippen LogP contribution in [0.3, 0.4) is 0 Å². The van der Waals surface area contributed by atoms with Gasteiger partial charge >= 0.3 is 0 Å². The number of halogens is 1. The molecule has 0 amide bonds. The Bertz CT molecular complexity index is 821. The van der Waals surface area contributed by atoms with Crippen LogP contribution in [0.25, 0.3) is 0 Å². The van der Waals surface area contributed by atoms with E-state index in [0.29, 0.717) is 22.2 Å².